The fraction of sp³-hybridized carbons (Fsp3) is 0.467. The van der Waals surface area contributed by atoms with Crippen molar-refractivity contribution in [1.82, 2.24) is 30.4 Å². The average Bonchev–Trinajstić information content (AvgIpc) is 3.17. The number of carbonyl (C=O) groups is 4. The minimum absolute atomic E-state index is 0.121. The van der Waals surface area contributed by atoms with Gasteiger partial charge < -0.3 is 15.3 Å². The van der Waals surface area contributed by atoms with Crippen molar-refractivity contribution in [3.63, 3.8) is 0 Å². The van der Waals surface area contributed by atoms with Gasteiger partial charge in [0.25, 0.3) is 11.8 Å². The van der Waals surface area contributed by atoms with E-state index in [0.717, 1.165) is 4.90 Å². The summed E-state index contributed by atoms with van der Waals surface area (Å²) in [5.41, 5.74) is -0.0741. The molecular weight excluding hydrogens is 518 g/mol. The molecule has 1 aromatic rings. The SMILES string of the molecule is CON=C(C(=O)CBr)C(=O)N[C@@H]1C(=O)N2C(C(=O)O)=C(CSc3nnnn3C)CS[C@H]12. The van der Waals surface area contributed by atoms with E-state index in [2.05, 4.69) is 46.8 Å². The number of hydrogen-bond donors (Lipinski definition) is 2. The molecule has 2 atom stereocenters. The lowest BCUT2D eigenvalue weighted by molar-refractivity contribution is -0.150. The van der Waals surface area contributed by atoms with Crippen molar-refractivity contribution in [3.05, 3.63) is 11.3 Å². The maximum absolute atomic E-state index is 12.7. The van der Waals surface area contributed by atoms with Gasteiger partial charge in [-0.25, -0.2) is 9.48 Å². The van der Waals surface area contributed by atoms with Crippen LogP contribution in [0.25, 0.3) is 0 Å². The van der Waals surface area contributed by atoms with Crippen molar-refractivity contribution in [2.24, 2.45) is 12.2 Å². The number of fused-ring (bicyclic) bond motifs is 1. The average molecular weight is 534 g/mol. The quantitative estimate of drug-likeness (QED) is 0.0996. The third kappa shape index (κ3) is 4.59. The van der Waals surface area contributed by atoms with E-state index in [1.54, 1.807) is 7.05 Å². The van der Waals surface area contributed by atoms with Gasteiger partial charge in [0.1, 0.15) is 24.2 Å². The van der Waals surface area contributed by atoms with Crippen LogP contribution in [0.5, 0.6) is 0 Å². The van der Waals surface area contributed by atoms with Gasteiger partial charge in [-0.1, -0.05) is 32.8 Å². The Bertz CT molecular complexity index is 996. The summed E-state index contributed by atoms with van der Waals surface area (Å²) >= 11 is 5.51. The van der Waals surface area contributed by atoms with Crippen LogP contribution in [0.3, 0.4) is 0 Å². The summed E-state index contributed by atoms with van der Waals surface area (Å²) in [6.07, 6.45) is 0. The second-order valence-electron chi connectivity index (χ2n) is 6.17. The predicted molar refractivity (Wildman–Crippen MR) is 112 cm³/mol. The number of Topliss-reactive ketones (excluding diaryl/α,β-unsaturated/α-hetero) is 1. The Balaban J connectivity index is 1.75. The number of halogens is 1. The number of alkyl halides is 1. The van der Waals surface area contributed by atoms with Gasteiger partial charge in [0.05, 0.1) is 5.33 Å². The predicted octanol–water partition coefficient (Wildman–Crippen LogP) is -0.993. The van der Waals surface area contributed by atoms with E-state index in [1.807, 2.05) is 0 Å². The molecule has 0 unspecified atom stereocenters. The van der Waals surface area contributed by atoms with Crippen LogP contribution < -0.4 is 5.32 Å². The van der Waals surface area contributed by atoms with Crippen LogP contribution in [-0.2, 0) is 31.1 Å². The fourth-order valence-corrected chi connectivity index (χ4v) is 5.47. The van der Waals surface area contributed by atoms with Gasteiger partial charge >= 0.3 is 5.97 Å². The standard InChI is InChI=1S/C15H16BrN7O6S2/c1-22-15(18-20-21-22)31-5-6-4-30-13-9(12(26)23(13)10(6)14(27)28)17-11(25)8(19-29-2)7(24)3-16/h9,13H,3-5H2,1-2H3,(H,17,25)(H,27,28)/t9-,13-/m1/s1. The molecule has 1 aromatic heterocycles. The van der Waals surface area contributed by atoms with Gasteiger partial charge in [-0.15, -0.1) is 16.9 Å². The van der Waals surface area contributed by atoms with E-state index < -0.39 is 40.7 Å². The van der Waals surface area contributed by atoms with Crippen LogP contribution in [0.2, 0.25) is 0 Å². The number of ketones is 1. The van der Waals surface area contributed by atoms with Crippen LogP contribution >= 0.6 is 39.5 Å². The number of oxime groups is 1. The molecule has 0 bridgehead atoms. The number of thioether (sulfide) groups is 2. The van der Waals surface area contributed by atoms with Crippen molar-refractivity contribution in [2.75, 3.05) is 23.9 Å². The lowest BCUT2D eigenvalue weighted by Crippen LogP contribution is -2.71. The third-order valence-corrected chi connectivity index (χ3v) is 7.22. The van der Waals surface area contributed by atoms with E-state index in [-0.39, 0.29) is 16.8 Å². The molecule has 166 valence electrons. The summed E-state index contributed by atoms with van der Waals surface area (Å²) in [5, 5.41) is 26.4. The van der Waals surface area contributed by atoms with E-state index in [9.17, 15) is 24.3 Å². The normalized spacial score (nSPS) is 20.8. The van der Waals surface area contributed by atoms with E-state index in [4.69, 9.17) is 0 Å². The first-order valence-electron chi connectivity index (χ1n) is 8.56. The number of carboxylic acid groups (broad SMARTS) is 1. The van der Waals surface area contributed by atoms with Crippen LogP contribution in [0.4, 0.5) is 0 Å². The molecule has 0 aromatic carbocycles. The molecule has 1 saturated heterocycles. The highest BCUT2D eigenvalue weighted by Crippen LogP contribution is 2.41. The lowest BCUT2D eigenvalue weighted by atomic mass is 10.0. The highest BCUT2D eigenvalue weighted by Gasteiger charge is 2.54. The first-order valence-corrected chi connectivity index (χ1v) is 11.7. The number of nitrogens with zero attached hydrogens (tertiary/aromatic N) is 6. The lowest BCUT2D eigenvalue weighted by Gasteiger charge is -2.49. The maximum atomic E-state index is 12.7. The monoisotopic (exact) mass is 533 g/mol. The van der Waals surface area contributed by atoms with Gasteiger partial charge in [0, 0.05) is 18.6 Å². The Kier molecular flexibility index (Phi) is 7.32. The molecule has 13 nitrogen and oxygen atoms in total. The van der Waals surface area contributed by atoms with Crippen LogP contribution in [0.15, 0.2) is 21.6 Å². The molecule has 3 rings (SSSR count). The van der Waals surface area contributed by atoms with Crippen molar-refractivity contribution >= 4 is 68.7 Å². The first-order chi connectivity index (χ1) is 14.8. The molecule has 0 spiro atoms. The molecule has 0 aliphatic carbocycles. The zero-order chi connectivity index (χ0) is 22.7. The summed E-state index contributed by atoms with van der Waals surface area (Å²) in [6.45, 7) is 0. The van der Waals surface area contributed by atoms with Gasteiger partial charge in [0.15, 0.2) is 0 Å². The summed E-state index contributed by atoms with van der Waals surface area (Å²) in [4.78, 5) is 54.5. The van der Waals surface area contributed by atoms with E-state index in [1.165, 1.54) is 35.3 Å². The zero-order valence-corrected chi connectivity index (χ0v) is 19.4. The second-order valence-corrected chi connectivity index (χ2v) is 8.78. The smallest absolute Gasteiger partial charge is 0.352 e. The molecule has 3 heterocycles. The second kappa shape index (κ2) is 9.78. The number of carbonyl (C=O) groups excluding carboxylic acids is 3. The van der Waals surface area contributed by atoms with Crippen LogP contribution in [-0.4, -0.2) is 94.9 Å². The fourth-order valence-electron chi connectivity index (χ4n) is 2.87. The molecule has 0 radical (unpaired) electrons. The van der Waals surface area contributed by atoms with Crippen LogP contribution in [0, 0.1) is 0 Å². The van der Waals surface area contributed by atoms with Crippen molar-refractivity contribution < 1.29 is 29.1 Å². The molecule has 2 aliphatic rings. The molecule has 31 heavy (non-hydrogen) atoms. The molecule has 2 amide bonds. The van der Waals surface area contributed by atoms with Crippen LogP contribution in [0.1, 0.15) is 0 Å². The van der Waals surface area contributed by atoms with Gasteiger partial charge in [-0.3, -0.25) is 19.3 Å². The number of amides is 2. The van der Waals surface area contributed by atoms with Gasteiger partial charge in [0.2, 0.25) is 16.7 Å². The summed E-state index contributed by atoms with van der Waals surface area (Å²) in [7, 11) is 2.84. The Morgan fingerprint density at radius 1 is 1.45 bits per heavy atom. The molecule has 0 saturated carbocycles. The number of rotatable bonds is 9. The molecular formula is C15H16BrN7O6S2. The highest BCUT2D eigenvalue weighted by molar-refractivity contribution is 9.09. The number of nitrogens with one attached hydrogen (secondary N) is 1. The zero-order valence-electron chi connectivity index (χ0n) is 16.1. The number of β-lactam (4-membered cyclic amide) rings is 1. The number of aryl methyl sites for hydroxylation is 1. The Labute approximate surface area is 192 Å². The summed E-state index contributed by atoms with van der Waals surface area (Å²) in [5.74, 6) is -2.72. The van der Waals surface area contributed by atoms with Crippen molar-refractivity contribution in [1.29, 1.82) is 0 Å². The first kappa shape index (κ1) is 23.2. The Hall–Kier alpha value is -2.46. The number of hydrogen-bond acceptors (Lipinski definition) is 11. The van der Waals surface area contributed by atoms with E-state index >= 15 is 0 Å². The summed E-state index contributed by atoms with van der Waals surface area (Å²) in [6, 6.07) is -0.992. The topological polar surface area (TPSA) is 169 Å². The number of tetrazole rings is 1. The minimum Gasteiger partial charge on any atom is -0.477 e. The van der Waals surface area contributed by atoms with E-state index in [0.29, 0.717) is 16.5 Å². The van der Waals surface area contributed by atoms with Gasteiger partial charge in [-0.2, -0.15) is 0 Å². The number of aromatic nitrogens is 4. The number of carboxylic acids is 1. The summed E-state index contributed by atoms with van der Waals surface area (Å²) < 4.78 is 1.46. The molecule has 2 N–H and O–H groups in total. The molecule has 1 fully saturated rings. The molecule has 2 aliphatic heterocycles. The maximum Gasteiger partial charge on any atom is 0.352 e. The van der Waals surface area contributed by atoms with Gasteiger partial charge in [-0.05, 0) is 16.0 Å². The minimum atomic E-state index is -1.24. The third-order valence-electron chi connectivity index (χ3n) is 4.28. The Morgan fingerprint density at radius 2 is 2.19 bits per heavy atom. The highest BCUT2D eigenvalue weighted by atomic mass is 79.9. The van der Waals surface area contributed by atoms with Crippen molar-refractivity contribution in [3.8, 4) is 0 Å². The number of aliphatic carboxylic acids is 1. The Morgan fingerprint density at radius 3 is 2.77 bits per heavy atom. The largest absolute Gasteiger partial charge is 0.477 e. The van der Waals surface area contributed by atoms with Crippen molar-refractivity contribution in [2.45, 2.75) is 16.6 Å². The molecule has 16 heteroatoms.